The van der Waals surface area contributed by atoms with E-state index in [1.807, 2.05) is 0 Å². The van der Waals surface area contributed by atoms with E-state index in [2.05, 4.69) is 26.2 Å². The third-order valence-corrected chi connectivity index (χ3v) is 2.64. The molecular weight excluding hydrogens is 270 g/mol. The maximum absolute atomic E-state index is 12.0. The van der Waals surface area contributed by atoms with E-state index >= 15 is 0 Å². The number of anilines is 1. The van der Waals surface area contributed by atoms with Gasteiger partial charge in [-0.1, -0.05) is 0 Å². The molecule has 0 amide bonds. The van der Waals surface area contributed by atoms with Crippen LogP contribution < -0.4 is 5.32 Å². The van der Waals surface area contributed by atoms with E-state index in [1.165, 1.54) is 0 Å². The predicted octanol–water partition coefficient (Wildman–Crippen LogP) is 2.19. The number of rotatable bonds is 4. The van der Waals surface area contributed by atoms with Crippen LogP contribution in [0.25, 0.3) is 0 Å². The van der Waals surface area contributed by atoms with Gasteiger partial charge in [-0.15, -0.1) is 0 Å². The molecule has 0 fully saturated rings. The number of nitrogens with zero attached hydrogens (tertiary/aromatic N) is 1. The molecule has 6 heteroatoms. The number of alkyl halides is 2. The van der Waals surface area contributed by atoms with Gasteiger partial charge < -0.3 is 10.4 Å². The summed E-state index contributed by atoms with van der Waals surface area (Å²) in [6.07, 6.45) is -4.41. The van der Waals surface area contributed by atoms with Gasteiger partial charge >= 0.3 is 0 Å². The van der Waals surface area contributed by atoms with E-state index in [1.54, 1.807) is 19.1 Å². The first-order chi connectivity index (χ1) is 7.00. The first-order valence-electron chi connectivity index (χ1n) is 4.34. The van der Waals surface area contributed by atoms with Gasteiger partial charge in [0.2, 0.25) is 0 Å². The van der Waals surface area contributed by atoms with Crippen LogP contribution in [0.15, 0.2) is 16.6 Å². The Morgan fingerprint density at radius 1 is 1.53 bits per heavy atom. The molecule has 1 heterocycles. The van der Waals surface area contributed by atoms with Crippen LogP contribution in [0.5, 0.6) is 0 Å². The van der Waals surface area contributed by atoms with E-state index in [0.717, 1.165) is 10.2 Å². The first-order valence-corrected chi connectivity index (χ1v) is 5.13. The van der Waals surface area contributed by atoms with Crippen LogP contribution in [-0.4, -0.2) is 29.2 Å². The van der Waals surface area contributed by atoms with Gasteiger partial charge in [0.25, 0.3) is 6.43 Å². The molecule has 1 rings (SSSR count). The quantitative estimate of drug-likeness (QED) is 0.889. The van der Waals surface area contributed by atoms with Crippen LogP contribution in [0.2, 0.25) is 0 Å². The van der Waals surface area contributed by atoms with E-state index in [0.29, 0.717) is 5.82 Å². The molecule has 84 valence electrons. The van der Waals surface area contributed by atoms with Crippen molar-refractivity contribution in [1.82, 2.24) is 4.98 Å². The number of halogens is 3. The number of aromatic nitrogens is 1. The Morgan fingerprint density at radius 3 is 2.73 bits per heavy atom. The molecule has 1 atom stereocenters. The summed E-state index contributed by atoms with van der Waals surface area (Å²) in [4.78, 5) is 4.09. The van der Waals surface area contributed by atoms with Crippen molar-refractivity contribution in [3.8, 4) is 0 Å². The minimum Gasteiger partial charge on any atom is -0.385 e. The summed E-state index contributed by atoms with van der Waals surface area (Å²) in [6.45, 7) is 1.57. The second-order valence-corrected chi connectivity index (χ2v) is 3.90. The molecule has 1 unspecified atom stereocenters. The van der Waals surface area contributed by atoms with Crippen molar-refractivity contribution in [2.75, 3.05) is 11.9 Å². The third kappa shape index (κ3) is 3.71. The summed E-state index contributed by atoms with van der Waals surface area (Å²) in [7, 11) is 0. The summed E-state index contributed by atoms with van der Waals surface area (Å²) in [5.41, 5.74) is 0.756. The lowest BCUT2D eigenvalue weighted by molar-refractivity contribution is 0.00380. The van der Waals surface area contributed by atoms with Gasteiger partial charge in [-0.25, -0.2) is 13.8 Å². The zero-order valence-electron chi connectivity index (χ0n) is 8.04. The van der Waals surface area contributed by atoms with E-state index in [-0.39, 0.29) is 6.54 Å². The van der Waals surface area contributed by atoms with Crippen molar-refractivity contribution in [3.63, 3.8) is 0 Å². The Bertz CT molecular complexity index is 336. The Labute approximate surface area is 94.7 Å². The average Bonchev–Trinajstić information content (AvgIpc) is 2.19. The topological polar surface area (TPSA) is 45.2 Å². The van der Waals surface area contributed by atoms with Crippen LogP contribution >= 0.6 is 15.9 Å². The lowest BCUT2D eigenvalue weighted by atomic mass is 10.3. The number of aliphatic hydroxyl groups excluding tert-OH is 1. The molecule has 0 aliphatic carbocycles. The van der Waals surface area contributed by atoms with Crippen LogP contribution in [-0.2, 0) is 0 Å². The highest BCUT2D eigenvalue weighted by Crippen LogP contribution is 2.16. The number of hydrogen-bond donors (Lipinski definition) is 2. The molecule has 0 bridgehead atoms. The molecular formula is C9H11BrF2N2O. The highest BCUT2D eigenvalue weighted by atomic mass is 79.9. The maximum Gasteiger partial charge on any atom is 0.265 e. The van der Waals surface area contributed by atoms with Gasteiger partial charge in [0.15, 0.2) is 0 Å². The SMILES string of the molecule is Cc1nc(NCC(O)C(F)F)ccc1Br. The molecule has 0 aliphatic heterocycles. The molecule has 0 spiro atoms. The number of aryl methyl sites for hydroxylation is 1. The Morgan fingerprint density at radius 2 is 2.20 bits per heavy atom. The highest BCUT2D eigenvalue weighted by molar-refractivity contribution is 9.10. The molecule has 1 aromatic rings. The third-order valence-electron chi connectivity index (χ3n) is 1.80. The number of hydrogen-bond acceptors (Lipinski definition) is 3. The number of aliphatic hydroxyl groups is 1. The van der Waals surface area contributed by atoms with Gasteiger partial charge in [-0.3, -0.25) is 0 Å². The van der Waals surface area contributed by atoms with Crippen LogP contribution in [0.3, 0.4) is 0 Å². The molecule has 3 nitrogen and oxygen atoms in total. The molecule has 0 saturated heterocycles. The first kappa shape index (κ1) is 12.3. The fourth-order valence-corrected chi connectivity index (χ4v) is 1.16. The van der Waals surface area contributed by atoms with Crippen molar-refractivity contribution in [2.45, 2.75) is 19.5 Å². The van der Waals surface area contributed by atoms with Crippen molar-refractivity contribution in [2.24, 2.45) is 0 Å². The summed E-state index contributed by atoms with van der Waals surface area (Å²) < 4.78 is 24.8. The largest absolute Gasteiger partial charge is 0.385 e. The molecule has 0 radical (unpaired) electrons. The molecule has 0 aliphatic rings. The maximum atomic E-state index is 12.0. The van der Waals surface area contributed by atoms with Gasteiger partial charge in [0.1, 0.15) is 11.9 Å². The lowest BCUT2D eigenvalue weighted by Gasteiger charge is -2.11. The minimum atomic E-state index is -2.74. The highest BCUT2D eigenvalue weighted by Gasteiger charge is 2.16. The van der Waals surface area contributed by atoms with Crippen molar-refractivity contribution in [1.29, 1.82) is 0 Å². The summed E-state index contributed by atoms with van der Waals surface area (Å²) in [6, 6.07) is 3.41. The van der Waals surface area contributed by atoms with E-state index < -0.39 is 12.5 Å². The Kier molecular flexibility index (Phi) is 4.41. The summed E-state index contributed by atoms with van der Waals surface area (Å²) in [5.74, 6) is 0.468. The van der Waals surface area contributed by atoms with Crippen molar-refractivity contribution in [3.05, 3.63) is 22.3 Å². The van der Waals surface area contributed by atoms with Gasteiger partial charge in [0.05, 0.1) is 5.69 Å². The van der Waals surface area contributed by atoms with Gasteiger partial charge in [0, 0.05) is 11.0 Å². The summed E-state index contributed by atoms with van der Waals surface area (Å²) >= 11 is 3.27. The van der Waals surface area contributed by atoms with Crippen molar-refractivity contribution >= 4 is 21.7 Å². The minimum absolute atomic E-state index is 0.217. The van der Waals surface area contributed by atoms with Crippen LogP contribution in [0.4, 0.5) is 14.6 Å². The van der Waals surface area contributed by atoms with Crippen LogP contribution in [0.1, 0.15) is 5.69 Å². The van der Waals surface area contributed by atoms with Crippen LogP contribution in [0, 0.1) is 6.92 Å². The lowest BCUT2D eigenvalue weighted by Crippen LogP contribution is -2.27. The molecule has 0 saturated carbocycles. The Balaban J connectivity index is 2.55. The van der Waals surface area contributed by atoms with Crippen molar-refractivity contribution < 1.29 is 13.9 Å². The van der Waals surface area contributed by atoms with Gasteiger partial charge in [-0.2, -0.15) is 0 Å². The second kappa shape index (κ2) is 5.37. The molecule has 0 aromatic carbocycles. The standard InChI is InChI=1S/C9H11BrF2N2O/c1-5-6(10)2-3-8(14-5)13-4-7(15)9(11)12/h2-3,7,9,15H,4H2,1H3,(H,13,14). The normalized spacial score (nSPS) is 12.9. The fraction of sp³-hybridized carbons (Fsp3) is 0.444. The number of pyridine rings is 1. The van der Waals surface area contributed by atoms with E-state index in [4.69, 9.17) is 5.11 Å². The predicted molar refractivity (Wildman–Crippen MR) is 57.2 cm³/mol. The smallest absolute Gasteiger partial charge is 0.265 e. The second-order valence-electron chi connectivity index (χ2n) is 3.05. The molecule has 2 N–H and O–H groups in total. The summed E-state index contributed by atoms with van der Waals surface area (Å²) in [5, 5.41) is 11.5. The average molecular weight is 281 g/mol. The van der Waals surface area contributed by atoms with E-state index in [9.17, 15) is 8.78 Å². The number of nitrogens with one attached hydrogen (secondary N) is 1. The fourth-order valence-electron chi connectivity index (χ4n) is 0.941. The molecule has 15 heavy (non-hydrogen) atoms. The zero-order chi connectivity index (χ0) is 11.4. The Hall–Kier alpha value is -0.750. The monoisotopic (exact) mass is 280 g/mol. The molecule has 1 aromatic heterocycles. The zero-order valence-corrected chi connectivity index (χ0v) is 9.63. The van der Waals surface area contributed by atoms with Gasteiger partial charge in [-0.05, 0) is 35.0 Å².